The number of hydrogen-bond acceptors (Lipinski definition) is 4. The van der Waals surface area contributed by atoms with Crippen LogP contribution in [0.25, 0.3) is 10.6 Å². The molecule has 0 saturated heterocycles. The number of aromatic nitrogens is 1. The molecule has 0 aliphatic heterocycles. The SMILES string of the molecule is O=C(CSc1ccccc1Cl)Nc1ccc(-c2nccs2)cc1. The van der Waals surface area contributed by atoms with E-state index in [1.807, 2.05) is 53.9 Å². The molecule has 0 aliphatic carbocycles. The number of carbonyl (C=O) groups is 1. The van der Waals surface area contributed by atoms with Gasteiger partial charge in [0.15, 0.2) is 0 Å². The predicted molar refractivity (Wildman–Crippen MR) is 98.4 cm³/mol. The van der Waals surface area contributed by atoms with Gasteiger partial charge < -0.3 is 5.32 Å². The lowest BCUT2D eigenvalue weighted by Gasteiger charge is -2.06. The maximum absolute atomic E-state index is 12.0. The summed E-state index contributed by atoms with van der Waals surface area (Å²) in [6.07, 6.45) is 1.78. The van der Waals surface area contributed by atoms with Crippen LogP contribution in [0.5, 0.6) is 0 Å². The summed E-state index contributed by atoms with van der Waals surface area (Å²) in [6.45, 7) is 0. The van der Waals surface area contributed by atoms with Gasteiger partial charge in [-0.2, -0.15) is 0 Å². The van der Waals surface area contributed by atoms with Crippen molar-refractivity contribution in [2.24, 2.45) is 0 Å². The summed E-state index contributed by atoms with van der Waals surface area (Å²) in [5, 5.41) is 6.46. The Bertz CT molecular complexity index is 789. The molecule has 6 heteroatoms. The number of thioether (sulfide) groups is 1. The highest BCUT2D eigenvalue weighted by Crippen LogP contribution is 2.27. The third kappa shape index (κ3) is 4.34. The van der Waals surface area contributed by atoms with E-state index in [1.54, 1.807) is 17.5 Å². The predicted octanol–water partition coefficient (Wildman–Crippen LogP) is 5.19. The average molecular weight is 361 g/mol. The van der Waals surface area contributed by atoms with E-state index in [0.717, 1.165) is 21.2 Å². The van der Waals surface area contributed by atoms with E-state index in [9.17, 15) is 4.79 Å². The molecule has 3 aromatic rings. The molecule has 0 fully saturated rings. The van der Waals surface area contributed by atoms with E-state index in [4.69, 9.17) is 11.6 Å². The minimum Gasteiger partial charge on any atom is -0.325 e. The summed E-state index contributed by atoms with van der Waals surface area (Å²) in [4.78, 5) is 17.2. The van der Waals surface area contributed by atoms with Gasteiger partial charge in [-0.05, 0) is 36.4 Å². The molecule has 1 amide bonds. The Morgan fingerprint density at radius 3 is 2.65 bits per heavy atom. The maximum Gasteiger partial charge on any atom is 0.234 e. The molecule has 3 nitrogen and oxygen atoms in total. The normalized spacial score (nSPS) is 10.5. The van der Waals surface area contributed by atoms with E-state index in [1.165, 1.54) is 11.8 Å². The lowest BCUT2D eigenvalue weighted by Crippen LogP contribution is -2.13. The molecule has 1 heterocycles. The van der Waals surface area contributed by atoms with Crippen molar-refractivity contribution in [2.45, 2.75) is 4.90 Å². The smallest absolute Gasteiger partial charge is 0.234 e. The van der Waals surface area contributed by atoms with Crippen LogP contribution in [-0.2, 0) is 4.79 Å². The molecule has 0 spiro atoms. The fraction of sp³-hybridized carbons (Fsp3) is 0.0588. The summed E-state index contributed by atoms with van der Waals surface area (Å²) in [7, 11) is 0. The molecule has 0 aliphatic rings. The first-order valence-corrected chi connectivity index (χ1v) is 9.14. The monoisotopic (exact) mass is 360 g/mol. The molecule has 1 N–H and O–H groups in total. The van der Waals surface area contributed by atoms with Crippen LogP contribution in [0.4, 0.5) is 5.69 Å². The lowest BCUT2D eigenvalue weighted by atomic mass is 10.2. The molecule has 116 valence electrons. The highest BCUT2D eigenvalue weighted by atomic mass is 35.5. The van der Waals surface area contributed by atoms with Crippen molar-refractivity contribution >= 4 is 46.3 Å². The second-order valence-electron chi connectivity index (χ2n) is 4.68. The van der Waals surface area contributed by atoms with Crippen molar-refractivity contribution < 1.29 is 4.79 Å². The minimum absolute atomic E-state index is 0.0584. The third-order valence-electron chi connectivity index (χ3n) is 3.04. The molecule has 2 aromatic carbocycles. The molecular weight excluding hydrogens is 348 g/mol. The van der Waals surface area contributed by atoms with E-state index >= 15 is 0 Å². The van der Waals surface area contributed by atoms with Crippen LogP contribution >= 0.6 is 34.7 Å². The van der Waals surface area contributed by atoms with E-state index in [-0.39, 0.29) is 5.91 Å². The zero-order valence-corrected chi connectivity index (χ0v) is 14.4. The Hall–Kier alpha value is -1.82. The van der Waals surface area contributed by atoms with E-state index in [2.05, 4.69) is 10.3 Å². The van der Waals surface area contributed by atoms with E-state index in [0.29, 0.717) is 10.8 Å². The van der Waals surface area contributed by atoms with Gasteiger partial charge in [0.05, 0.1) is 10.8 Å². The number of carbonyl (C=O) groups excluding carboxylic acids is 1. The Morgan fingerprint density at radius 2 is 1.96 bits per heavy atom. The zero-order chi connectivity index (χ0) is 16.1. The van der Waals surface area contributed by atoms with Crippen molar-refractivity contribution in [3.63, 3.8) is 0 Å². The third-order valence-corrected chi connectivity index (χ3v) is 5.38. The average Bonchev–Trinajstić information content (AvgIpc) is 3.09. The van der Waals surface area contributed by atoms with Crippen LogP contribution < -0.4 is 5.32 Å². The standard InChI is InChI=1S/C17H13ClN2OS2/c18-14-3-1-2-4-15(14)23-11-16(21)20-13-7-5-12(6-8-13)17-19-9-10-22-17/h1-10H,11H2,(H,20,21). The highest BCUT2D eigenvalue weighted by Gasteiger charge is 2.06. The Morgan fingerprint density at radius 1 is 1.17 bits per heavy atom. The van der Waals surface area contributed by atoms with Crippen LogP contribution in [0.3, 0.4) is 0 Å². The van der Waals surface area contributed by atoms with Crippen molar-refractivity contribution in [3.05, 3.63) is 65.1 Å². The van der Waals surface area contributed by atoms with Crippen LogP contribution in [-0.4, -0.2) is 16.6 Å². The summed E-state index contributed by atoms with van der Waals surface area (Å²) in [6, 6.07) is 15.2. The lowest BCUT2D eigenvalue weighted by molar-refractivity contribution is -0.113. The van der Waals surface area contributed by atoms with Gasteiger partial charge in [-0.25, -0.2) is 4.98 Å². The molecule has 23 heavy (non-hydrogen) atoms. The highest BCUT2D eigenvalue weighted by molar-refractivity contribution is 8.00. The molecule has 0 unspecified atom stereocenters. The second-order valence-corrected chi connectivity index (χ2v) is 7.00. The van der Waals surface area contributed by atoms with Gasteiger partial charge in [-0.3, -0.25) is 4.79 Å². The second kappa shape index (κ2) is 7.64. The van der Waals surface area contributed by atoms with Gasteiger partial charge >= 0.3 is 0 Å². The topological polar surface area (TPSA) is 42.0 Å². The first kappa shape index (κ1) is 16.1. The number of benzene rings is 2. The van der Waals surface area contributed by atoms with Crippen LogP contribution in [0.2, 0.25) is 5.02 Å². The Labute approximate surface area is 147 Å². The van der Waals surface area contributed by atoms with Gasteiger partial charge in [-0.1, -0.05) is 23.7 Å². The Balaban J connectivity index is 1.57. The Kier molecular flexibility index (Phi) is 5.33. The minimum atomic E-state index is -0.0584. The number of rotatable bonds is 5. The first-order chi connectivity index (χ1) is 11.2. The van der Waals surface area contributed by atoms with Gasteiger partial charge in [-0.15, -0.1) is 23.1 Å². The summed E-state index contributed by atoms with van der Waals surface area (Å²) in [5.41, 5.74) is 1.82. The fourth-order valence-electron chi connectivity index (χ4n) is 1.96. The molecule has 1 aromatic heterocycles. The maximum atomic E-state index is 12.0. The number of nitrogens with one attached hydrogen (secondary N) is 1. The molecule has 0 bridgehead atoms. The van der Waals surface area contributed by atoms with Crippen molar-refractivity contribution in [2.75, 3.05) is 11.1 Å². The number of halogens is 1. The number of hydrogen-bond donors (Lipinski definition) is 1. The fourth-order valence-corrected chi connectivity index (χ4v) is 3.65. The molecule has 0 atom stereocenters. The number of thiazole rings is 1. The van der Waals surface area contributed by atoms with Crippen molar-refractivity contribution in [1.82, 2.24) is 4.98 Å². The molecule has 3 rings (SSSR count). The number of anilines is 1. The quantitative estimate of drug-likeness (QED) is 0.636. The first-order valence-electron chi connectivity index (χ1n) is 6.89. The molecule has 0 radical (unpaired) electrons. The van der Waals surface area contributed by atoms with Crippen LogP contribution in [0.15, 0.2) is 65.0 Å². The summed E-state index contributed by atoms with van der Waals surface area (Å²) in [5.74, 6) is 0.259. The van der Waals surface area contributed by atoms with Crippen LogP contribution in [0, 0.1) is 0 Å². The number of amides is 1. The van der Waals surface area contributed by atoms with Gasteiger partial charge in [0, 0.05) is 27.7 Å². The van der Waals surface area contributed by atoms with Gasteiger partial charge in [0.25, 0.3) is 0 Å². The summed E-state index contributed by atoms with van der Waals surface area (Å²) >= 11 is 9.09. The van der Waals surface area contributed by atoms with Gasteiger partial charge in [0.2, 0.25) is 5.91 Å². The van der Waals surface area contributed by atoms with Crippen molar-refractivity contribution in [1.29, 1.82) is 0 Å². The van der Waals surface area contributed by atoms with Crippen molar-refractivity contribution in [3.8, 4) is 10.6 Å². The van der Waals surface area contributed by atoms with Gasteiger partial charge in [0.1, 0.15) is 5.01 Å². The number of nitrogens with zero attached hydrogens (tertiary/aromatic N) is 1. The summed E-state index contributed by atoms with van der Waals surface area (Å²) < 4.78 is 0. The van der Waals surface area contributed by atoms with E-state index < -0.39 is 0 Å². The largest absolute Gasteiger partial charge is 0.325 e. The molecule has 0 saturated carbocycles. The molecular formula is C17H13ClN2OS2. The van der Waals surface area contributed by atoms with Crippen LogP contribution in [0.1, 0.15) is 0 Å². The zero-order valence-electron chi connectivity index (χ0n) is 12.0.